The number of aryl methyl sites for hydroxylation is 1. The van der Waals surface area contributed by atoms with E-state index in [9.17, 15) is 0 Å². The van der Waals surface area contributed by atoms with Crippen LogP contribution in [0.3, 0.4) is 0 Å². The third-order valence-corrected chi connectivity index (χ3v) is 4.45. The molecule has 112 valence electrons. The summed E-state index contributed by atoms with van der Waals surface area (Å²) in [5.74, 6) is 0. The Labute approximate surface area is 140 Å². The summed E-state index contributed by atoms with van der Waals surface area (Å²) in [5.41, 5.74) is 3.86. The van der Waals surface area contributed by atoms with Gasteiger partial charge in [-0.1, -0.05) is 64.3 Å². The average Bonchev–Trinajstić information content (AvgIpc) is 2.46. The van der Waals surface area contributed by atoms with Crippen LogP contribution in [0.5, 0.6) is 0 Å². The van der Waals surface area contributed by atoms with Crippen molar-refractivity contribution < 1.29 is 0 Å². The molecule has 0 aromatic heterocycles. The number of halogens is 2. The van der Waals surface area contributed by atoms with Crippen molar-refractivity contribution in [2.45, 2.75) is 32.7 Å². The van der Waals surface area contributed by atoms with Gasteiger partial charge in [-0.3, -0.25) is 0 Å². The summed E-state index contributed by atoms with van der Waals surface area (Å²) in [6, 6.07) is 14.9. The molecule has 0 aliphatic carbocycles. The predicted molar refractivity (Wildman–Crippen MR) is 95.1 cm³/mol. The molecule has 1 nitrogen and oxygen atoms in total. The largest absolute Gasteiger partial charge is 0.310 e. The van der Waals surface area contributed by atoms with Crippen molar-refractivity contribution in [2.75, 3.05) is 6.54 Å². The van der Waals surface area contributed by atoms with Gasteiger partial charge in [-0.25, -0.2) is 0 Å². The Morgan fingerprint density at radius 2 is 2.00 bits per heavy atom. The summed E-state index contributed by atoms with van der Waals surface area (Å²) >= 11 is 9.83. The Kier molecular flexibility index (Phi) is 6.28. The van der Waals surface area contributed by atoms with Crippen molar-refractivity contribution in [2.24, 2.45) is 0 Å². The third kappa shape index (κ3) is 4.84. The van der Waals surface area contributed by atoms with Crippen LogP contribution in [-0.4, -0.2) is 6.54 Å². The van der Waals surface area contributed by atoms with E-state index in [2.05, 4.69) is 65.4 Å². The van der Waals surface area contributed by atoms with Gasteiger partial charge in [0.1, 0.15) is 0 Å². The summed E-state index contributed by atoms with van der Waals surface area (Å²) in [6.45, 7) is 5.31. The van der Waals surface area contributed by atoms with Gasteiger partial charge >= 0.3 is 0 Å². The van der Waals surface area contributed by atoms with E-state index in [0.29, 0.717) is 0 Å². The van der Waals surface area contributed by atoms with Gasteiger partial charge in [-0.15, -0.1) is 0 Å². The van der Waals surface area contributed by atoms with Gasteiger partial charge in [0.2, 0.25) is 0 Å². The highest BCUT2D eigenvalue weighted by molar-refractivity contribution is 9.10. The molecule has 21 heavy (non-hydrogen) atoms. The topological polar surface area (TPSA) is 12.0 Å². The van der Waals surface area contributed by atoms with Crippen molar-refractivity contribution >= 4 is 27.5 Å². The zero-order chi connectivity index (χ0) is 15.2. The smallest absolute Gasteiger partial charge is 0.0410 e. The zero-order valence-electron chi connectivity index (χ0n) is 12.5. The van der Waals surface area contributed by atoms with Gasteiger partial charge < -0.3 is 5.32 Å². The van der Waals surface area contributed by atoms with E-state index >= 15 is 0 Å². The highest BCUT2D eigenvalue weighted by Crippen LogP contribution is 2.29. The fraction of sp³-hybridized carbons (Fsp3) is 0.333. The van der Waals surface area contributed by atoms with E-state index in [1.807, 2.05) is 12.1 Å². The molecule has 0 saturated heterocycles. The second kappa shape index (κ2) is 7.98. The molecule has 2 rings (SSSR count). The highest BCUT2D eigenvalue weighted by Gasteiger charge is 2.15. The number of benzene rings is 2. The maximum absolute atomic E-state index is 6.17. The first-order chi connectivity index (χ1) is 10.1. The molecule has 0 saturated carbocycles. The van der Waals surface area contributed by atoms with E-state index in [0.717, 1.165) is 28.9 Å². The monoisotopic (exact) mass is 365 g/mol. The number of hydrogen-bond acceptors (Lipinski definition) is 1. The quantitative estimate of drug-likeness (QED) is 0.692. The van der Waals surface area contributed by atoms with Crippen LogP contribution in [0.2, 0.25) is 5.02 Å². The molecule has 3 heteroatoms. The fourth-order valence-corrected chi connectivity index (χ4v) is 3.17. The van der Waals surface area contributed by atoms with Crippen molar-refractivity contribution in [3.63, 3.8) is 0 Å². The van der Waals surface area contributed by atoms with Crippen LogP contribution in [0.25, 0.3) is 0 Å². The van der Waals surface area contributed by atoms with Crippen LogP contribution in [0.15, 0.2) is 46.9 Å². The average molecular weight is 367 g/mol. The number of nitrogens with one attached hydrogen (secondary N) is 1. The molecule has 0 fully saturated rings. The van der Waals surface area contributed by atoms with Crippen LogP contribution < -0.4 is 5.32 Å². The van der Waals surface area contributed by atoms with Gasteiger partial charge in [0, 0.05) is 15.5 Å². The molecular weight excluding hydrogens is 346 g/mol. The molecule has 0 aliphatic rings. The Hall–Kier alpha value is -0.830. The lowest BCUT2D eigenvalue weighted by Crippen LogP contribution is -2.24. The molecule has 1 unspecified atom stereocenters. The van der Waals surface area contributed by atoms with Crippen LogP contribution in [-0.2, 0) is 6.42 Å². The van der Waals surface area contributed by atoms with Crippen molar-refractivity contribution in [3.8, 4) is 0 Å². The first kappa shape index (κ1) is 16.5. The Morgan fingerprint density at radius 3 is 2.71 bits per heavy atom. The van der Waals surface area contributed by atoms with E-state index in [4.69, 9.17) is 11.6 Å². The highest BCUT2D eigenvalue weighted by atomic mass is 79.9. The van der Waals surface area contributed by atoms with Gasteiger partial charge in [-0.05, 0) is 55.6 Å². The molecule has 0 heterocycles. The fourth-order valence-electron chi connectivity index (χ4n) is 2.47. The lowest BCUT2D eigenvalue weighted by atomic mass is 9.97. The molecule has 0 radical (unpaired) electrons. The minimum atomic E-state index is 0.264. The summed E-state index contributed by atoms with van der Waals surface area (Å²) in [6.07, 6.45) is 2.07. The van der Waals surface area contributed by atoms with Crippen molar-refractivity contribution in [3.05, 3.63) is 68.7 Å². The van der Waals surface area contributed by atoms with E-state index in [-0.39, 0.29) is 6.04 Å². The lowest BCUT2D eigenvalue weighted by molar-refractivity contribution is 0.527. The van der Waals surface area contributed by atoms with E-state index in [1.165, 1.54) is 16.7 Å². The van der Waals surface area contributed by atoms with Crippen LogP contribution >= 0.6 is 27.5 Å². The predicted octanol–water partition coefficient (Wildman–Crippen LogP) is 5.69. The molecule has 0 amide bonds. The second-order valence-electron chi connectivity index (χ2n) is 5.37. The van der Waals surface area contributed by atoms with Gasteiger partial charge in [0.25, 0.3) is 0 Å². The standard InChI is InChI=1S/C18H21BrClN/c1-3-9-21-18(11-14-6-4-5-13(2)10-14)16-12-15(20)7-8-17(16)19/h4-8,10,12,18,21H,3,9,11H2,1-2H3. The zero-order valence-corrected chi connectivity index (χ0v) is 14.8. The van der Waals surface area contributed by atoms with E-state index in [1.54, 1.807) is 0 Å². The molecule has 0 spiro atoms. The first-order valence-corrected chi connectivity index (χ1v) is 8.51. The lowest BCUT2D eigenvalue weighted by Gasteiger charge is -2.21. The number of hydrogen-bond donors (Lipinski definition) is 1. The molecule has 0 aliphatic heterocycles. The normalized spacial score (nSPS) is 12.4. The molecular formula is C18H21BrClN. The minimum absolute atomic E-state index is 0.264. The Balaban J connectivity index is 2.27. The molecule has 2 aromatic carbocycles. The van der Waals surface area contributed by atoms with Gasteiger partial charge in [0.05, 0.1) is 0 Å². The molecule has 0 bridgehead atoms. The van der Waals surface area contributed by atoms with Crippen molar-refractivity contribution in [1.82, 2.24) is 5.32 Å². The summed E-state index contributed by atoms with van der Waals surface area (Å²) in [7, 11) is 0. The second-order valence-corrected chi connectivity index (χ2v) is 6.66. The van der Waals surface area contributed by atoms with Gasteiger partial charge in [0.15, 0.2) is 0 Å². The third-order valence-electron chi connectivity index (χ3n) is 3.50. The Morgan fingerprint density at radius 1 is 1.19 bits per heavy atom. The minimum Gasteiger partial charge on any atom is -0.310 e. The van der Waals surface area contributed by atoms with Gasteiger partial charge in [-0.2, -0.15) is 0 Å². The SMILES string of the molecule is CCCNC(Cc1cccc(C)c1)c1cc(Cl)ccc1Br. The van der Waals surface area contributed by atoms with Crippen LogP contribution in [0, 0.1) is 6.92 Å². The molecule has 1 N–H and O–H groups in total. The Bertz CT molecular complexity index is 598. The molecule has 2 aromatic rings. The summed E-state index contributed by atoms with van der Waals surface area (Å²) in [5, 5.41) is 4.41. The summed E-state index contributed by atoms with van der Waals surface area (Å²) < 4.78 is 1.10. The van der Waals surface area contributed by atoms with Crippen LogP contribution in [0.4, 0.5) is 0 Å². The maximum atomic E-state index is 6.17. The van der Waals surface area contributed by atoms with Crippen LogP contribution in [0.1, 0.15) is 36.1 Å². The summed E-state index contributed by atoms with van der Waals surface area (Å²) in [4.78, 5) is 0. The maximum Gasteiger partial charge on any atom is 0.0410 e. The van der Waals surface area contributed by atoms with Crippen molar-refractivity contribution in [1.29, 1.82) is 0 Å². The number of rotatable bonds is 6. The van der Waals surface area contributed by atoms with E-state index < -0.39 is 0 Å². The molecule has 1 atom stereocenters. The first-order valence-electron chi connectivity index (χ1n) is 7.34.